The first kappa shape index (κ1) is 24.0. The molecule has 1 heterocycles. The number of carbonyl (C=O) groups excluding carboxylic acids is 1. The van der Waals surface area contributed by atoms with E-state index in [2.05, 4.69) is 4.98 Å². The molecule has 0 radical (unpaired) electrons. The van der Waals surface area contributed by atoms with Crippen LogP contribution in [0.5, 0.6) is 0 Å². The third-order valence-electron chi connectivity index (χ3n) is 4.61. The second-order valence-electron chi connectivity index (χ2n) is 8.40. The van der Waals surface area contributed by atoms with Crippen molar-refractivity contribution < 1.29 is 18.3 Å². The number of thiazole rings is 1. The molecule has 0 saturated carbocycles. The van der Waals surface area contributed by atoms with Crippen molar-refractivity contribution >= 4 is 38.6 Å². The maximum atomic E-state index is 12.8. The van der Waals surface area contributed by atoms with E-state index in [0.29, 0.717) is 9.90 Å². The number of benzene rings is 1. The van der Waals surface area contributed by atoms with Crippen LogP contribution in [0.15, 0.2) is 22.7 Å². The molecule has 5 nitrogen and oxygen atoms in total. The third kappa shape index (κ3) is 5.87. The fourth-order valence-corrected chi connectivity index (χ4v) is 5.82. The van der Waals surface area contributed by atoms with Crippen molar-refractivity contribution in [3.8, 4) is 0 Å². The summed E-state index contributed by atoms with van der Waals surface area (Å²) in [6.45, 7) is 11.2. The molecule has 0 saturated heterocycles. The standard InChI is InChI=1S/C21H28ClNO4S2/c1-12(2)16-7-14(22)8-17(13(3)4)18(16)9-15(24)11-29(26,27)20-23-10-19(28-20)21(5,6)25/h7-8,10,12-13,25H,9,11H2,1-6H3. The largest absolute Gasteiger partial charge is 0.385 e. The molecule has 160 valence electrons. The van der Waals surface area contributed by atoms with E-state index in [1.807, 2.05) is 39.8 Å². The van der Waals surface area contributed by atoms with E-state index in [1.54, 1.807) is 13.8 Å². The fourth-order valence-electron chi connectivity index (χ4n) is 3.12. The molecule has 1 aromatic heterocycles. The molecule has 8 heteroatoms. The highest BCUT2D eigenvalue weighted by Gasteiger charge is 2.28. The summed E-state index contributed by atoms with van der Waals surface area (Å²) < 4.78 is 25.2. The van der Waals surface area contributed by atoms with E-state index in [-0.39, 0.29) is 22.6 Å². The molecule has 2 aromatic rings. The molecular weight excluding hydrogens is 430 g/mol. The molecule has 0 bridgehead atoms. The number of nitrogens with zero attached hydrogens (tertiary/aromatic N) is 1. The summed E-state index contributed by atoms with van der Waals surface area (Å²) in [6.07, 6.45) is 1.37. The minimum atomic E-state index is -3.87. The average molecular weight is 458 g/mol. The Morgan fingerprint density at radius 1 is 1.17 bits per heavy atom. The number of hydrogen-bond donors (Lipinski definition) is 1. The van der Waals surface area contributed by atoms with Gasteiger partial charge < -0.3 is 5.11 Å². The lowest BCUT2D eigenvalue weighted by atomic mass is 9.86. The molecule has 0 fully saturated rings. The summed E-state index contributed by atoms with van der Waals surface area (Å²) in [4.78, 5) is 17.1. The first-order valence-corrected chi connectivity index (χ1v) is 12.3. The Hall–Kier alpha value is -1.28. The van der Waals surface area contributed by atoms with Gasteiger partial charge in [0.05, 0.1) is 10.5 Å². The average Bonchev–Trinajstić information content (AvgIpc) is 3.06. The van der Waals surface area contributed by atoms with E-state index >= 15 is 0 Å². The topological polar surface area (TPSA) is 84.3 Å². The maximum absolute atomic E-state index is 12.8. The van der Waals surface area contributed by atoms with Crippen LogP contribution in [0, 0.1) is 0 Å². The predicted molar refractivity (Wildman–Crippen MR) is 118 cm³/mol. The van der Waals surface area contributed by atoms with Gasteiger partial charge in [0.2, 0.25) is 14.2 Å². The van der Waals surface area contributed by atoms with Gasteiger partial charge in [-0.3, -0.25) is 4.79 Å². The Kier molecular flexibility index (Phi) is 7.31. The number of rotatable bonds is 8. The van der Waals surface area contributed by atoms with Crippen molar-refractivity contribution in [2.75, 3.05) is 5.75 Å². The van der Waals surface area contributed by atoms with Crippen molar-refractivity contribution in [3.05, 3.63) is 44.9 Å². The van der Waals surface area contributed by atoms with Crippen molar-refractivity contribution in [1.82, 2.24) is 4.98 Å². The van der Waals surface area contributed by atoms with Gasteiger partial charge in [0.15, 0.2) is 5.78 Å². The number of ketones is 1. The number of aliphatic hydroxyl groups is 1. The van der Waals surface area contributed by atoms with Gasteiger partial charge in [-0.1, -0.05) is 39.3 Å². The van der Waals surface area contributed by atoms with E-state index in [9.17, 15) is 18.3 Å². The van der Waals surface area contributed by atoms with Crippen molar-refractivity contribution in [1.29, 1.82) is 0 Å². The third-order valence-corrected chi connectivity index (χ3v) is 8.28. The molecule has 0 unspecified atom stereocenters. The highest BCUT2D eigenvalue weighted by atomic mass is 35.5. The van der Waals surface area contributed by atoms with E-state index in [0.717, 1.165) is 28.0 Å². The normalized spacial score (nSPS) is 12.8. The fraction of sp³-hybridized carbons (Fsp3) is 0.524. The van der Waals surface area contributed by atoms with E-state index in [1.165, 1.54) is 6.20 Å². The zero-order valence-electron chi connectivity index (χ0n) is 17.6. The number of hydrogen-bond acceptors (Lipinski definition) is 6. The summed E-state index contributed by atoms with van der Waals surface area (Å²) in [6, 6.07) is 3.71. The number of carbonyl (C=O) groups is 1. The molecule has 0 aliphatic rings. The van der Waals surface area contributed by atoms with Crippen LogP contribution in [0.4, 0.5) is 0 Å². The van der Waals surface area contributed by atoms with Crippen LogP contribution in [0.2, 0.25) is 5.02 Å². The molecule has 0 amide bonds. The molecule has 0 spiro atoms. The second-order valence-corrected chi connectivity index (χ2v) is 12.0. The lowest BCUT2D eigenvalue weighted by molar-refractivity contribution is -0.116. The van der Waals surface area contributed by atoms with Crippen LogP contribution < -0.4 is 0 Å². The van der Waals surface area contributed by atoms with E-state index in [4.69, 9.17) is 11.6 Å². The van der Waals surface area contributed by atoms with Gasteiger partial charge in [0.25, 0.3) is 0 Å². The van der Waals surface area contributed by atoms with Gasteiger partial charge in [-0.05, 0) is 54.5 Å². The summed E-state index contributed by atoms with van der Waals surface area (Å²) in [5.41, 5.74) is 1.60. The van der Waals surface area contributed by atoms with Crippen molar-refractivity contribution in [2.45, 2.75) is 69.7 Å². The quantitative estimate of drug-likeness (QED) is 0.612. The first-order valence-electron chi connectivity index (χ1n) is 9.47. The summed E-state index contributed by atoms with van der Waals surface area (Å²) in [5, 5.41) is 10.6. The smallest absolute Gasteiger partial charge is 0.212 e. The molecule has 29 heavy (non-hydrogen) atoms. The highest BCUT2D eigenvalue weighted by Crippen LogP contribution is 2.32. The monoisotopic (exact) mass is 457 g/mol. The minimum absolute atomic E-state index is 0.0289. The van der Waals surface area contributed by atoms with Crippen LogP contribution in [0.3, 0.4) is 0 Å². The van der Waals surface area contributed by atoms with Gasteiger partial charge in [-0.2, -0.15) is 0 Å². The lowest BCUT2D eigenvalue weighted by Crippen LogP contribution is -2.20. The second kappa shape index (κ2) is 8.84. The van der Waals surface area contributed by atoms with Gasteiger partial charge in [0.1, 0.15) is 5.75 Å². The zero-order chi connectivity index (χ0) is 22.1. The van der Waals surface area contributed by atoms with Crippen LogP contribution in [0.1, 0.15) is 74.9 Å². The first-order chi connectivity index (χ1) is 13.2. The zero-order valence-corrected chi connectivity index (χ0v) is 20.0. The summed E-state index contributed by atoms with van der Waals surface area (Å²) in [5.74, 6) is -0.710. The summed E-state index contributed by atoms with van der Waals surface area (Å²) in [7, 11) is -3.87. The number of aromatic nitrogens is 1. The van der Waals surface area contributed by atoms with Crippen molar-refractivity contribution in [2.24, 2.45) is 0 Å². The number of sulfone groups is 1. The van der Waals surface area contributed by atoms with Gasteiger partial charge in [-0.15, -0.1) is 11.3 Å². The molecule has 0 aliphatic carbocycles. The van der Waals surface area contributed by atoms with Crippen LogP contribution in [-0.4, -0.2) is 30.0 Å². The minimum Gasteiger partial charge on any atom is -0.385 e. The lowest BCUT2D eigenvalue weighted by Gasteiger charge is -2.20. The molecule has 0 atom stereocenters. The number of halogens is 1. The van der Waals surface area contributed by atoms with Crippen LogP contribution in [-0.2, 0) is 26.7 Å². The maximum Gasteiger partial charge on any atom is 0.212 e. The highest BCUT2D eigenvalue weighted by molar-refractivity contribution is 7.94. The molecule has 2 rings (SSSR count). The van der Waals surface area contributed by atoms with Gasteiger partial charge in [-0.25, -0.2) is 13.4 Å². The molecule has 0 aliphatic heterocycles. The SMILES string of the molecule is CC(C)c1cc(Cl)cc(C(C)C)c1CC(=O)CS(=O)(=O)c1ncc(C(C)(C)O)s1. The molecule has 1 N–H and O–H groups in total. The predicted octanol–water partition coefficient (Wildman–Crippen LogP) is 4.86. The Bertz CT molecular complexity index is 973. The summed E-state index contributed by atoms with van der Waals surface area (Å²) >= 11 is 7.16. The Morgan fingerprint density at radius 2 is 1.69 bits per heavy atom. The Balaban J connectivity index is 2.32. The van der Waals surface area contributed by atoms with E-state index < -0.39 is 27.0 Å². The van der Waals surface area contributed by atoms with Crippen LogP contribution in [0.25, 0.3) is 0 Å². The molecule has 1 aromatic carbocycles. The van der Waals surface area contributed by atoms with Gasteiger partial charge in [0, 0.05) is 17.6 Å². The number of Topliss-reactive ketones (excluding diaryl/α,β-unsaturated/α-hetero) is 1. The Labute approximate surface area is 182 Å². The Morgan fingerprint density at radius 3 is 2.10 bits per heavy atom. The van der Waals surface area contributed by atoms with Gasteiger partial charge >= 0.3 is 0 Å². The van der Waals surface area contributed by atoms with Crippen LogP contribution >= 0.6 is 22.9 Å². The molecular formula is C21H28ClNO4S2. The van der Waals surface area contributed by atoms with Crippen molar-refractivity contribution in [3.63, 3.8) is 0 Å².